The van der Waals surface area contributed by atoms with E-state index in [1.165, 1.54) is 12.1 Å². The highest BCUT2D eigenvalue weighted by Gasteiger charge is 2.15. The molecule has 0 bridgehead atoms. The molecular formula is C13H12BrClFNO. The molecule has 1 N–H and O–H groups in total. The predicted octanol–water partition coefficient (Wildman–Crippen LogP) is 4.34. The van der Waals surface area contributed by atoms with Gasteiger partial charge in [0.05, 0.1) is 6.04 Å². The molecule has 0 aliphatic carbocycles. The van der Waals surface area contributed by atoms with Crippen LogP contribution in [0.1, 0.15) is 17.4 Å². The average molecular weight is 333 g/mol. The average Bonchev–Trinajstić information content (AvgIpc) is 2.75. The number of halogens is 3. The minimum atomic E-state index is -0.328. The summed E-state index contributed by atoms with van der Waals surface area (Å²) >= 11 is 9.28. The third-order valence-electron chi connectivity index (χ3n) is 2.73. The number of furan rings is 1. The van der Waals surface area contributed by atoms with Gasteiger partial charge in [-0.15, -0.1) is 0 Å². The SMILES string of the molecule is CNC(Cc1ccc(F)cc1Cl)c1ccc(Br)o1. The Kier molecular flexibility index (Phi) is 4.43. The fourth-order valence-electron chi connectivity index (χ4n) is 1.77. The van der Waals surface area contributed by atoms with E-state index >= 15 is 0 Å². The van der Waals surface area contributed by atoms with Crippen molar-refractivity contribution in [1.29, 1.82) is 0 Å². The molecule has 96 valence electrons. The van der Waals surface area contributed by atoms with Gasteiger partial charge in [0, 0.05) is 5.02 Å². The van der Waals surface area contributed by atoms with Crippen LogP contribution in [0.25, 0.3) is 0 Å². The van der Waals surface area contributed by atoms with Gasteiger partial charge in [0.25, 0.3) is 0 Å². The van der Waals surface area contributed by atoms with Crippen LogP contribution >= 0.6 is 27.5 Å². The molecule has 1 heterocycles. The van der Waals surface area contributed by atoms with E-state index in [4.69, 9.17) is 16.0 Å². The number of nitrogens with one attached hydrogen (secondary N) is 1. The first-order valence-corrected chi connectivity index (χ1v) is 6.63. The summed E-state index contributed by atoms with van der Waals surface area (Å²) < 4.78 is 19.2. The summed E-state index contributed by atoms with van der Waals surface area (Å²) in [6, 6.07) is 8.15. The molecule has 1 aromatic carbocycles. The predicted molar refractivity (Wildman–Crippen MR) is 73.3 cm³/mol. The van der Waals surface area contributed by atoms with Gasteiger partial charge in [0.15, 0.2) is 4.67 Å². The third kappa shape index (κ3) is 3.13. The molecule has 2 rings (SSSR count). The second-order valence-corrected chi connectivity index (χ2v) is 5.11. The van der Waals surface area contributed by atoms with Crippen LogP contribution in [0.3, 0.4) is 0 Å². The van der Waals surface area contributed by atoms with Crippen molar-refractivity contribution in [2.75, 3.05) is 7.05 Å². The normalized spacial score (nSPS) is 12.7. The number of benzene rings is 1. The minimum Gasteiger partial charge on any atom is -0.453 e. The van der Waals surface area contributed by atoms with Crippen molar-refractivity contribution in [3.05, 3.63) is 57.2 Å². The van der Waals surface area contributed by atoms with Gasteiger partial charge in [-0.2, -0.15) is 0 Å². The molecule has 0 fully saturated rings. The highest BCUT2D eigenvalue weighted by Crippen LogP contribution is 2.26. The number of likely N-dealkylation sites (N-methyl/N-ethyl adjacent to an activating group) is 1. The van der Waals surface area contributed by atoms with E-state index in [1.807, 2.05) is 19.2 Å². The molecule has 5 heteroatoms. The van der Waals surface area contributed by atoms with Crippen molar-refractivity contribution in [3.63, 3.8) is 0 Å². The van der Waals surface area contributed by atoms with Crippen molar-refractivity contribution >= 4 is 27.5 Å². The van der Waals surface area contributed by atoms with Crippen LogP contribution in [0.4, 0.5) is 4.39 Å². The zero-order chi connectivity index (χ0) is 13.1. The van der Waals surface area contributed by atoms with Crippen LogP contribution in [-0.4, -0.2) is 7.05 Å². The lowest BCUT2D eigenvalue weighted by atomic mass is 10.0. The lowest BCUT2D eigenvalue weighted by Crippen LogP contribution is -2.18. The topological polar surface area (TPSA) is 25.2 Å². The van der Waals surface area contributed by atoms with E-state index in [9.17, 15) is 4.39 Å². The number of rotatable bonds is 4. The maximum Gasteiger partial charge on any atom is 0.169 e. The van der Waals surface area contributed by atoms with E-state index in [-0.39, 0.29) is 11.9 Å². The first-order valence-electron chi connectivity index (χ1n) is 5.46. The maximum atomic E-state index is 13.0. The van der Waals surface area contributed by atoms with Crippen LogP contribution in [0, 0.1) is 5.82 Å². The fraction of sp³-hybridized carbons (Fsp3) is 0.231. The lowest BCUT2D eigenvalue weighted by molar-refractivity contribution is 0.416. The highest BCUT2D eigenvalue weighted by atomic mass is 79.9. The van der Waals surface area contributed by atoms with Gasteiger partial charge < -0.3 is 9.73 Å². The van der Waals surface area contributed by atoms with E-state index in [0.717, 1.165) is 11.3 Å². The van der Waals surface area contributed by atoms with E-state index < -0.39 is 0 Å². The Labute approximate surface area is 118 Å². The van der Waals surface area contributed by atoms with Crippen LogP contribution < -0.4 is 5.32 Å². The van der Waals surface area contributed by atoms with E-state index in [0.29, 0.717) is 16.1 Å². The molecule has 0 saturated carbocycles. The monoisotopic (exact) mass is 331 g/mol. The molecule has 18 heavy (non-hydrogen) atoms. The molecule has 1 unspecified atom stereocenters. The van der Waals surface area contributed by atoms with Gasteiger partial charge in [-0.25, -0.2) is 4.39 Å². The second kappa shape index (κ2) is 5.87. The molecule has 0 amide bonds. The van der Waals surface area contributed by atoms with Gasteiger partial charge in [-0.05, 0) is 59.2 Å². The maximum absolute atomic E-state index is 13.0. The van der Waals surface area contributed by atoms with Crippen molar-refractivity contribution in [2.24, 2.45) is 0 Å². The quantitative estimate of drug-likeness (QED) is 0.901. The van der Waals surface area contributed by atoms with Gasteiger partial charge in [0.2, 0.25) is 0 Å². The van der Waals surface area contributed by atoms with Crippen LogP contribution in [0.15, 0.2) is 39.4 Å². The summed E-state index contributed by atoms with van der Waals surface area (Å²) in [5.41, 5.74) is 0.880. The standard InChI is InChI=1S/C13H12BrClFNO/c1-17-11(12-4-5-13(14)18-12)6-8-2-3-9(16)7-10(8)15/h2-5,7,11,17H,6H2,1H3. The summed E-state index contributed by atoms with van der Waals surface area (Å²) in [5.74, 6) is 0.482. The van der Waals surface area contributed by atoms with E-state index in [1.54, 1.807) is 6.07 Å². The smallest absolute Gasteiger partial charge is 0.169 e. The van der Waals surface area contributed by atoms with Crippen molar-refractivity contribution < 1.29 is 8.81 Å². The first-order chi connectivity index (χ1) is 8.60. The zero-order valence-corrected chi connectivity index (χ0v) is 12.1. The molecule has 0 spiro atoms. The molecule has 0 saturated heterocycles. The summed E-state index contributed by atoms with van der Waals surface area (Å²) in [4.78, 5) is 0. The summed E-state index contributed by atoms with van der Waals surface area (Å²) in [7, 11) is 1.85. The second-order valence-electron chi connectivity index (χ2n) is 3.92. The Balaban J connectivity index is 2.20. The molecule has 1 atom stereocenters. The summed E-state index contributed by atoms with van der Waals surface area (Å²) in [6.07, 6.45) is 0.634. The highest BCUT2D eigenvalue weighted by molar-refractivity contribution is 9.10. The van der Waals surface area contributed by atoms with Crippen molar-refractivity contribution in [1.82, 2.24) is 5.32 Å². The van der Waals surface area contributed by atoms with Crippen molar-refractivity contribution in [3.8, 4) is 0 Å². The minimum absolute atomic E-state index is 0.000684. The Hall–Kier alpha value is -0.840. The molecule has 0 aliphatic heterocycles. The zero-order valence-electron chi connectivity index (χ0n) is 9.71. The van der Waals surface area contributed by atoms with Gasteiger partial charge in [-0.3, -0.25) is 0 Å². The molecule has 0 aliphatic rings. The largest absolute Gasteiger partial charge is 0.453 e. The van der Waals surface area contributed by atoms with Gasteiger partial charge >= 0.3 is 0 Å². The molecule has 0 radical (unpaired) electrons. The Morgan fingerprint density at radius 1 is 1.39 bits per heavy atom. The number of hydrogen-bond acceptors (Lipinski definition) is 2. The molecular weight excluding hydrogens is 321 g/mol. The van der Waals surface area contributed by atoms with Crippen LogP contribution in [-0.2, 0) is 6.42 Å². The summed E-state index contributed by atoms with van der Waals surface area (Å²) in [5, 5.41) is 3.59. The van der Waals surface area contributed by atoms with E-state index in [2.05, 4.69) is 21.2 Å². The van der Waals surface area contributed by atoms with Gasteiger partial charge in [-0.1, -0.05) is 17.7 Å². The first kappa shape index (κ1) is 13.6. The van der Waals surface area contributed by atoms with Gasteiger partial charge in [0.1, 0.15) is 11.6 Å². The molecule has 1 aromatic heterocycles. The Bertz CT molecular complexity index is 544. The fourth-order valence-corrected chi connectivity index (χ4v) is 2.33. The van der Waals surface area contributed by atoms with Crippen LogP contribution in [0.2, 0.25) is 5.02 Å². The molecule has 2 nitrogen and oxygen atoms in total. The third-order valence-corrected chi connectivity index (χ3v) is 3.50. The summed E-state index contributed by atoms with van der Waals surface area (Å²) in [6.45, 7) is 0. The van der Waals surface area contributed by atoms with Crippen LogP contribution in [0.5, 0.6) is 0 Å². The molecule has 2 aromatic rings. The Morgan fingerprint density at radius 3 is 2.72 bits per heavy atom. The Morgan fingerprint density at radius 2 is 2.17 bits per heavy atom. The number of hydrogen-bond donors (Lipinski definition) is 1. The van der Waals surface area contributed by atoms with Crippen molar-refractivity contribution in [2.45, 2.75) is 12.5 Å². The lowest BCUT2D eigenvalue weighted by Gasteiger charge is -2.14.